The van der Waals surface area contributed by atoms with Gasteiger partial charge in [-0.05, 0) is 18.6 Å². The average molecular weight is 386 g/mol. The molecule has 0 N–H and O–H groups in total. The van der Waals surface area contributed by atoms with E-state index in [0.29, 0.717) is 6.61 Å². The van der Waals surface area contributed by atoms with E-state index in [-0.39, 0.29) is 18.2 Å². The Morgan fingerprint density at radius 3 is 2.07 bits per heavy atom. The van der Waals surface area contributed by atoms with Crippen LogP contribution in [0.4, 0.5) is 0 Å². The van der Waals surface area contributed by atoms with Crippen LogP contribution in [0, 0.1) is 0 Å². The molecule has 28 heavy (non-hydrogen) atoms. The van der Waals surface area contributed by atoms with Crippen LogP contribution in [0.5, 0.6) is 0 Å². The lowest BCUT2D eigenvalue weighted by Crippen LogP contribution is -2.28. The molecule has 1 aromatic rings. The normalized spacial score (nSPS) is 23.5. The van der Waals surface area contributed by atoms with Gasteiger partial charge < -0.3 is 9.47 Å². The Bertz CT molecular complexity index is 571. The molecule has 3 rings (SSSR count). The van der Waals surface area contributed by atoms with Crippen molar-refractivity contribution in [3.63, 3.8) is 0 Å². The summed E-state index contributed by atoms with van der Waals surface area (Å²) in [5.41, 5.74) is 1.08. The number of hydrogen-bond acceptors (Lipinski definition) is 3. The minimum atomic E-state index is 0.128. The molecule has 2 heterocycles. The highest BCUT2D eigenvalue weighted by Gasteiger charge is 2.43. The highest BCUT2D eigenvalue weighted by molar-refractivity contribution is 5.95. The molecule has 3 atom stereocenters. The van der Waals surface area contributed by atoms with Gasteiger partial charge in [-0.3, -0.25) is 0 Å². The second-order valence-corrected chi connectivity index (χ2v) is 8.50. The van der Waals surface area contributed by atoms with Gasteiger partial charge in [0.1, 0.15) is 6.04 Å². The van der Waals surface area contributed by atoms with Crippen molar-refractivity contribution in [2.24, 2.45) is 4.99 Å². The van der Waals surface area contributed by atoms with Gasteiger partial charge in [-0.15, -0.1) is 0 Å². The van der Waals surface area contributed by atoms with Gasteiger partial charge >= 0.3 is 0 Å². The first-order chi connectivity index (χ1) is 13.9. The van der Waals surface area contributed by atoms with Crippen LogP contribution in [0.2, 0.25) is 0 Å². The van der Waals surface area contributed by atoms with Crippen molar-refractivity contribution in [2.75, 3.05) is 6.61 Å². The number of ether oxygens (including phenoxy) is 2. The van der Waals surface area contributed by atoms with E-state index < -0.39 is 0 Å². The van der Waals surface area contributed by atoms with Gasteiger partial charge in [0.2, 0.25) is 5.90 Å². The summed E-state index contributed by atoms with van der Waals surface area (Å²) in [6, 6.07) is 10.4. The summed E-state index contributed by atoms with van der Waals surface area (Å²) in [7, 11) is 0. The number of benzene rings is 1. The largest absolute Gasteiger partial charge is 0.469 e. The highest BCUT2D eigenvalue weighted by atomic mass is 16.6. The van der Waals surface area contributed by atoms with E-state index in [1.807, 2.05) is 18.2 Å². The van der Waals surface area contributed by atoms with E-state index in [1.165, 1.54) is 77.0 Å². The van der Waals surface area contributed by atoms with E-state index in [1.54, 1.807) is 0 Å². The monoisotopic (exact) mass is 385 g/mol. The number of aliphatic imine (C=N–C) groups is 1. The first-order valence-corrected chi connectivity index (χ1v) is 11.8. The first kappa shape index (κ1) is 21.4. The predicted molar refractivity (Wildman–Crippen MR) is 117 cm³/mol. The van der Waals surface area contributed by atoms with Gasteiger partial charge in [0, 0.05) is 5.56 Å². The van der Waals surface area contributed by atoms with Crippen molar-refractivity contribution in [1.29, 1.82) is 0 Å². The maximum absolute atomic E-state index is 6.17. The Morgan fingerprint density at radius 2 is 1.43 bits per heavy atom. The number of rotatable bonds is 14. The third kappa shape index (κ3) is 6.62. The van der Waals surface area contributed by atoms with Crippen molar-refractivity contribution in [1.82, 2.24) is 0 Å². The van der Waals surface area contributed by atoms with E-state index in [9.17, 15) is 0 Å². The van der Waals surface area contributed by atoms with Crippen LogP contribution in [-0.2, 0) is 9.47 Å². The fourth-order valence-electron chi connectivity index (χ4n) is 4.39. The molecule has 2 aliphatic heterocycles. The number of unbranched alkanes of at least 4 members (excludes halogenated alkanes) is 11. The van der Waals surface area contributed by atoms with Gasteiger partial charge in [0.05, 0.1) is 12.7 Å². The molecule has 0 bridgehead atoms. The van der Waals surface area contributed by atoms with Gasteiger partial charge in [0.15, 0.2) is 6.10 Å². The Kier molecular flexibility index (Phi) is 9.36. The van der Waals surface area contributed by atoms with Crippen LogP contribution in [0.15, 0.2) is 35.3 Å². The van der Waals surface area contributed by atoms with Crippen molar-refractivity contribution >= 4 is 5.90 Å². The fraction of sp³-hybridized carbons (Fsp3) is 0.720. The SMILES string of the molecule is CCCCCCCCCCCCCC[C@@H]1OC[C@@H]2N=C(c3ccccc3)O[C@@H]21. The smallest absolute Gasteiger partial charge is 0.217 e. The van der Waals surface area contributed by atoms with Crippen molar-refractivity contribution in [3.05, 3.63) is 35.9 Å². The van der Waals surface area contributed by atoms with Gasteiger partial charge in [-0.25, -0.2) is 4.99 Å². The summed E-state index contributed by atoms with van der Waals surface area (Å²) in [6.45, 7) is 3.00. The summed E-state index contributed by atoms with van der Waals surface area (Å²) in [5, 5.41) is 0. The summed E-state index contributed by atoms with van der Waals surface area (Å²) in [6.07, 6.45) is 18.1. The van der Waals surface area contributed by atoms with Crippen LogP contribution in [0.1, 0.15) is 96.0 Å². The lowest BCUT2D eigenvalue weighted by atomic mass is 10.0. The molecule has 0 aromatic heterocycles. The van der Waals surface area contributed by atoms with Crippen LogP contribution in [0.3, 0.4) is 0 Å². The fourth-order valence-corrected chi connectivity index (χ4v) is 4.39. The molecule has 156 valence electrons. The Labute approximate surface area is 171 Å². The zero-order valence-electron chi connectivity index (χ0n) is 17.8. The van der Waals surface area contributed by atoms with E-state index in [4.69, 9.17) is 14.5 Å². The van der Waals surface area contributed by atoms with Gasteiger partial charge in [-0.2, -0.15) is 0 Å². The zero-order valence-corrected chi connectivity index (χ0v) is 17.8. The predicted octanol–water partition coefficient (Wildman–Crippen LogP) is 6.69. The molecule has 3 nitrogen and oxygen atoms in total. The molecule has 0 amide bonds. The van der Waals surface area contributed by atoms with E-state index in [0.717, 1.165) is 17.9 Å². The third-order valence-electron chi connectivity index (χ3n) is 6.12. The second-order valence-electron chi connectivity index (χ2n) is 8.50. The van der Waals surface area contributed by atoms with Crippen molar-refractivity contribution < 1.29 is 9.47 Å². The van der Waals surface area contributed by atoms with E-state index in [2.05, 4.69) is 19.1 Å². The molecule has 1 fully saturated rings. The van der Waals surface area contributed by atoms with Crippen LogP contribution >= 0.6 is 0 Å². The molecule has 0 saturated carbocycles. The molecule has 2 aliphatic rings. The average Bonchev–Trinajstić information content (AvgIpc) is 3.31. The van der Waals surface area contributed by atoms with E-state index >= 15 is 0 Å². The molecule has 3 heteroatoms. The number of nitrogens with zero attached hydrogens (tertiary/aromatic N) is 1. The number of hydrogen-bond donors (Lipinski definition) is 0. The van der Waals surface area contributed by atoms with Crippen molar-refractivity contribution in [2.45, 2.75) is 109 Å². The van der Waals surface area contributed by atoms with Crippen molar-refractivity contribution in [3.8, 4) is 0 Å². The Morgan fingerprint density at radius 1 is 0.821 bits per heavy atom. The molecule has 0 spiro atoms. The van der Waals surface area contributed by atoms with Crippen LogP contribution in [0.25, 0.3) is 0 Å². The quantitative estimate of drug-likeness (QED) is 0.334. The summed E-state index contributed by atoms with van der Waals surface area (Å²) < 4.78 is 12.1. The molecular weight excluding hydrogens is 346 g/mol. The van der Waals surface area contributed by atoms with Gasteiger partial charge in [-0.1, -0.05) is 102 Å². The maximum Gasteiger partial charge on any atom is 0.217 e. The molecule has 1 aromatic carbocycles. The molecule has 1 saturated heterocycles. The third-order valence-corrected chi connectivity index (χ3v) is 6.12. The van der Waals surface area contributed by atoms with Crippen LogP contribution in [-0.4, -0.2) is 30.8 Å². The molecule has 0 unspecified atom stereocenters. The molecule has 0 radical (unpaired) electrons. The zero-order chi connectivity index (χ0) is 19.4. The molecule has 0 aliphatic carbocycles. The highest BCUT2D eigenvalue weighted by Crippen LogP contribution is 2.30. The lowest BCUT2D eigenvalue weighted by Gasteiger charge is -2.17. The minimum absolute atomic E-state index is 0.128. The standard InChI is InChI=1S/C25H39NO2/c1-2-3-4-5-6-7-8-9-10-11-12-16-19-23-24-22(20-27-23)26-25(28-24)21-17-14-13-15-18-21/h13-15,17-18,22-24H,2-12,16,19-20H2,1H3/t22-,23-,24-/m0/s1. The second kappa shape index (κ2) is 12.3. The summed E-state index contributed by atoms with van der Waals surface area (Å²) in [4.78, 5) is 4.75. The molecular formula is C25H39NO2. The lowest BCUT2D eigenvalue weighted by molar-refractivity contribution is 0.0435. The topological polar surface area (TPSA) is 30.8 Å². The maximum atomic E-state index is 6.17. The summed E-state index contributed by atoms with van der Waals surface area (Å²) >= 11 is 0. The number of fused-ring (bicyclic) bond motifs is 1. The van der Waals surface area contributed by atoms with Gasteiger partial charge in [0.25, 0.3) is 0 Å². The Hall–Kier alpha value is -1.35. The summed E-state index contributed by atoms with van der Waals surface area (Å²) in [5.74, 6) is 0.804. The van der Waals surface area contributed by atoms with Crippen LogP contribution < -0.4 is 0 Å². The first-order valence-electron chi connectivity index (χ1n) is 11.8. The minimum Gasteiger partial charge on any atom is -0.469 e. The Balaban J connectivity index is 1.21.